The number of rotatable bonds is 2. The molecule has 0 radical (unpaired) electrons. The standard InChI is InChI=1S/C16H9ClF3NO2/c17-12-8-10(5-6-11(12)16(18,19)20)21-15(22)14-7-9-3-1-2-4-13(9)23-14/h1-8H,(H,21,22). The second-order valence-electron chi connectivity index (χ2n) is 4.79. The van der Waals surface area contributed by atoms with Gasteiger partial charge in [0.2, 0.25) is 0 Å². The summed E-state index contributed by atoms with van der Waals surface area (Å²) in [5, 5.41) is 2.72. The summed E-state index contributed by atoms with van der Waals surface area (Å²) < 4.78 is 43.3. The monoisotopic (exact) mass is 339 g/mol. The van der Waals surface area contributed by atoms with Crippen molar-refractivity contribution < 1.29 is 22.4 Å². The van der Waals surface area contributed by atoms with Crippen molar-refractivity contribution in [3.05, 3.63) is 64.9 Å². The van der Waals surface area contributed by atoms with Gasteiger partial charge in [-0.2, -0.15) is 13.2 Å². The molecule has 0 saturated carbocycles. The molecule has 2 aromatic carbocycles. The SMILES string of the molecule is O=C(Nc1ccc(C(F)(F)F)c(Cl)c1)c1cc2ccccc2o1. The number of carbonyl (C=O) groups is 1. The lowest BCUT2D eigenvalue weighted by Gasteiger charge is -2.10. The van der Waals surface area contributed by atoms with Gasteiger partial charge in [-0.15, -0.1) is 0 Å². The van der Waals surface area contributed by atoms with Crippen molar-refractivity contribution in [1.29, 1.82) is 0 Å². The van der Waals surface area contributed by atoms with Crippen molar-refractivity contribution in [1.82, 2.24) is 0 Å². The molecular weight excluding hydrogens is 331 g/mol. The second kappa shape index (κ2) is 5.62. The lowest BCUT2D eigenvalue weighted by Crippen LogP contribution is -2.12. The van der Waals surface area contributed by atoms with E-state index in [2.05, 4.69) is 5.32 Å². The summed E-state index contributed by atoms with van der Waals surface area (Å²) in [6, 6.07) is 11.6. The quantitative estimate of drug-likeness (QED) is 0.683. The Morgan fingerprint density at radius 1 is 1.09 bits per heavy atom. The fraction of sp³-hybridized carbons (Fsp3) is 0.0625. The van der Waals surface area contributed by atoms with Gasteiger partial charge in [0, 0.05) is 11.1 Å². The van der Waals surface area contributed by atoms with Crippen LogP contribution in [0.2, 0.25) is 5.02 Å². The van der Waals surface area contributed by atoms with Crippen molar-refractivity contribution in [2.45, 2.75) is 6.18 Å². The molecule has 0 atom stereocenters. The molecule has 1 heterocycles. The number of hydrogen-bond acceptors (Lipinski definition) is 2. The Bertz CT molecular complexity index is 853. The molecule has 0 unspecified atom stereocenters. The fourth-order valence-electron chi connectivity index (χ4n) is 2.11. The Morgan fingerprint density at radius 3 is 2.48 bits per heavy atom. The van der Waals surface area contributed by atoms with Gasteiger partial charge in [-0.1, -0.05) is 29.8 Å². The number of halogens is 4. The second-order valence-corrected chi connectivity index (χ2v) is 5.20. The Balaban J connectivity index is 1.84. The van der Waals surface area contributed by atoms with Crippen molar-refractivity contribution in [2.24, 2.45) is 0 Å². The van der Waals surface area contributed by atoms with E-state index in [1.54, 1.807) is 30.3 Å². The van der Waals surface area contributed by atoms with Crippen molar-refractivity contribution >= 4 is 34.2 Å². The highest BCUT2D eigenvalue weighted by atomic mass is 35.5. The van der Waals surface area contributed by atoms with Gasteiger partial charge in [-0.05, 0) is 30.3 Å². The third-order valence-corrected chi connectivity index (χ3v) is 3.49. The summed E-state index contributed by atoms with van der Waals surface area (Å²) in [5.41, 5.74) is -0.266. The zero-order valence-electron chi connectivity index (χ0n) is 11.4. The first-order valence-corrected chi connectivity index (χ1v) is 6.89. The number of benzene rings is 2. The molecule has 3 nitrogen and oxygen atoms in total. The van der Waals surface area contributed by atoms with Crippen LogP contribution in [-0.2, 0) is 6.18 Å². The van der Waals surface area contributed by atoms with Crippen LogP contribution in [0.5, 0.6) is 0 Å². The number of carbonyl (C=O) groups excluding carboxylic acids is 1. The zero-order chi connectivity index (χ0) is 16.6. The Labute approximate surface area is 133 Å². The van der Waals surface area contributed by atoms with Crippen LogP contribution in [0.25, 0.3) is 11.0 Å². The molecule has 118 valence electrons. The lowest BCUT2D eigenvalue weighted by molar-refractivity contribution is -0.137. The summed E-state index contributed by atoms with van der Waals surface area (Å²) in [6.07, 6.45) is -4.54. The molecule has 3 rings (SSSR count). The highest BCUT2D eigenvalue weighted by molar-refractivity contribution is 6.31. The first-order chi connectivity index (χ1) is 10.8. The largest absolute Gasteiger partial charge is 0.451 e. The molecule has 0 bridgehead atoms. The molecule has 0 fully saturated rings. The molecule has 0 saturated heterocycles. The number of anilines is 1. The number of nitrogens with one attached hydrogen (secondary N) is 1. The topological polar surface area (TPSA) is 42.2 Å². The van der Waals surface area contributed by atoms with E-state index in [0.29, 0.717) is 5.58 Å². The van der Waals surface area contributed by atoms with E-state index in [1.807, 2.05) is 0 Å². The molecule has 3 aromatic rings. The Kier molecular flexibility index (Phi) is 3.77. The molecule has 0 spiro atoms. The van der Waals surface area contributed by atoms with Crippen molar-refractivity contribution in [3.63, 3.8) is 0 Å². The summed E-state index contributed by atoms with van der Waals surface area (Å²) in [5.74, 6) is -0.515. The zero-order valence-corrected chi connectivity index (χ0v) is 12.2. The maximum absolute atomic E-state index is 12.6. The summed E-state index contributed by atoms with van der Waals surface area (Å²) in [7, 11) is 0. The maximum Gasteiger partial charge on any atom is 0.417 e. The highest BCUT2D eigenvalue weighted by Gasteiger charge is 2.33. The Morgan fingerprint density at radius 2 is 1.83 bits per heavy atom. The number of alkyl halides is 3. The first kappa shape index (κ1) is 15.4. The van der Waals surface area contributed by atoms with Gasteiger partial charge in [-0.3, -0.25) is 4.79 Å². The number of furan rings is 1. The van der Waals surface area contributed by atoms with Crippen LogP contribution in [-0.4, -0.2) is 5.91 Å². The van der Waals surface area contributed by atoms with Crippen molar-refractivity contribution in [3.8, 4) is 0 Å². The molecular formula is C16H9ClF3NO2. The molecule has 0 aliphatic carbocycles. The third kappa shape index (κ3) is 3.17. The molecule has 0 aliphatic rings. The van der Waals surface area contributed by atoms with E-state index >= 15 is 0 Å². The molecule has 1 amide bonds. The molecule has 23 heavy (non-hydrogen) atoms. The van der Waals surface area contributed by atoms with E-state index in [0.717, 1.165) is 23.6 Å². The van der Waals surface area contributed by atoms with Crippen LogP contribution in [0.3, 0.4) is 0 Å². The van der Waals surface area contributed by atoms with Crippen LogP contribution < -0.4 is 5.32 Å². The van der Waals surface area contributed by atoms with Crippen LogP contribution in [0.4, 0.5) is 18.9 Å². The van der Waals surface area contributed by atoms with Gasteiger partial charge in [0.05, 0.1) is 10.6 Å². The van der Waals surface area contributed by atoms with E-state index in [9.17, 15) is 18.0 Å². The normalized spacial score (nSPS) is 11.7. The average Bonchev–Trinajstić information content (AvgIpc) is 2.90. The summed E-state index contributed by atoms with van der Waals surface area (Å²) >= 11 is 5.61. The first-order valence-electron chi connectivity index (χ1n) is 6.51. The van der Waals surface area contributed by atoms with Gasteiger partial charge < -0.3 is 9.73 Å². The predicted octanol–water partition coefficient (Wildman–Crippen LogP) is 5.36. The van der Waals surface area contributed by atoms with Gasteiger partial charge in [0.15, 0.2) is 5.76 Å². The van der Waals surface area contributed by atoms with Crippen molar-refractivity contribution in [2.75, 3.05) is 5.32 Å². The molecule has 7 heteroatoms. The smallest absolute Gasteiger partial charge is 0.417 e. The summed E-state index contributed by atoms with van der Waals surface area (Å²) in [6.45, 7) is 0. The van der Waals surface area contributed by atoms with E-state index < -0.39 is 22.7 Å². The van der Waals surface area contributed by atoms with Crippen LogP contribution in [0.15, 0.2) is 52.9 Å². The average molecular weight is 340 g/mol. The van der Waals surface area contributed by atoms with Crippen LogP contribution >= 0.6 is 11.6 Å². The third-order valence-electron chi connectivity index (χ3n) is 3.18. The van der Waals surface area contributed by atoms with Gasteiger partial charge in [0.1, 0.15) is 5.58 Å². The maximum atomic E-state index is 12.6. The highest BCUT2D eigenvalue weighted by Crippen LogP contribution is 2.36. The van der Waals surface area contributed by atoms with Gasteiger partial charge in [-0.25, -0.2) is 0 Å². The predicted molar refractivity (Wildman–Crippen MR) is 80.6 cm³/mol. The van der Waals surface area contributed by atoms with E-state index in [-0.39, 0.29) is 11.4 Å². The summed E-state index contributed by atoms with van der Waals surface area (Å²) in [4.78, 5) is 12.1. The fourth-order valence-corrected chi connectivity index (χ4v) is 2.40. The molecule has 1 aromatic heterocycles. The van der Waals surface area contributed by atoms with Gasteiger partial charge in [0.25, 0.3) is 5.91 Å². The number of para-hydroxylation sites is 1. The number of fused-ring (bicyclic) bond motifs is 1. The number of hydrogen-bond donors (Lipinski definition) is 1. The van der Waals surface area contributed by atoms with Crippen LogP contribution in [0, 0.1) is 0 Å². The van der Waals surface area contributed by atoms with Crippen LogP contribution in [0.1, 0.15) is 16.1 Å². The lowest BCUT2D eigenvalue weighted by atomic mass is 10.2. The Hall–Kier alpha value is -2.47. The van der Waals surface area contributed by atoms with E-state index in [1.165, 1.54) is 0 Å². The molecule has 0 aliphatic heterocycles. The van der Waals surface area contributed by atoms with E-state index in [4.69, 9.17) is 16.0 Å². The minimum absolute atomic E-state index is 0.0576. The minimum atomic E-state index is -4.54. The molecule has 1 N–H and O–H groups in total. The minimum Gasteiger partial charge on any atom is -0.451 e. The number of amides is 1. The van der Waals surface area contributed by atoms with Gasteiger partial charge >= 0.3 is 6.18 Å².